The van der Waals surface area contributed by atoms with Gasteiger partial charge < -0.3 is 10.6 Å². The van der Waals surface area contributed by atoms with Crippen molar-refractivity contribution in [2.75, 3.05) is 17.2 Å². The van der Waals surface area contributed by atoms with Gasteiger partial charge in [-0.1, -0.05) is 18.2 Å². The van der Waals surface area contributed by atoms with Crippen LogP contribution in [0, 0.1) is 17.0 Å². The van der Waals surface area contributed by atoms with Crippen molar-refractivity contribution in [1.82, 2.24) is 0 Å². The number of benzene rings is 2. The highest BCUT2D eigenvalue weighted by atomic mass is 79.9. The SMILES string of the molecule is Cc1ccc([N+](=O)[O-])cc1NC(=O)CNc1ccccc1Br. The number of amides is 1. The number of anilines is 2. The number of nitro groups is 1. The Morgan fingerprint density at radius 1 is 1.23 bits per heavy atom. The number of rotatable bonds is 5. The van der Waals surface area contributed by atoms with Crippen LogP contribution in [0.2, 0.25) is 0 Å². The minimum Gasteiger partial charge on any atom is -0.375 e. The van der Waals surface area contributed by atoms with Crippen LogP contribution in [0.4, 0.5) is 17.1 Å². The second-order valence-electron chi connectivity index (χ2n) is 4.64. The summed E-state index contributed by atoms with van der Waals surface area (Å²) >= 11 is 3.38. The largest absolute Gasteiger partial charge is 0.375 e. The summed E-state index contributed by atoms with van der Waals surface area (Å²) in [5, 5.41) is 16.4. The maximum Gasteiger partial charge on any atom is 0.271 e. The van der Waals surface area contributed by atoms with Gasteiger partial charge in [-0.3, -0.25) is 14.9 Å². The first-order valence-electron chi connectivity index (χ1n) is 6.50. The van der Waals surface area contributed by atoms with Crippen LogP contribution in [-0.4, -0.2) is 17.4 Å². The van der Waals surface area contributed by atoms with Gasteiger partial charge in [-0.05, 0) is 40.5 Å². The molecule has 6 nitrogen and oxygen atoms in total. The fourth-order valence-electron chi connectivity index (χ4n) is 1.83. The Balaban J connectivity index is 2.02. The average molecular weight is 364 g/mol. The molecule has 0 aliphatic heterocycles. The zero-order chi connectivity index (χ0) is 16.1. The third-order valence-electron chi connectivity index (χ3n) is 3.02. The molecular formula is C15H14BrN3O3. The summed E-state index contributed by atoms with van der Waals surface area (Å²) in [6.45, 7) is 1.84. The maximum atomic E-state index is 12.0. The maximum absolute atomic E-state index is 12.0. The van der Waals surface area contributed by atoms with Crippen molar-refractivity contribution < 1.29 is 9.72 Å². The minimum absolute atomic E-state index is 0.0559. The van der Waals surface area contributed by atoms with Gasteiger partial charge in [-0.2, -0.15) is 0 Å². The minimum atomic E-state index is -0.492. The predicted molar refractivity (Wildman–Crippen MR) is 89.1 cm³/mol. The van der Waals surface area contributed by atoms with Crippen molar-refractivity contribution in [3.63, 3.8) is 0 Å². The Morgan fingerprint density at radius 3 is 2.64 bits per heavy atom. The standard InChI is InChI=1S/C15H14BrN3O3/c1-10-6-7-11(19(21)22)8-14(10)18-15(20)9-17-13-5-3-2-4-12(13)16/h2-8,17H,9H2,1H3,(H,18,20). The number of nitrogens with one attached hydrogen (secondary N) is 2. The van der Waals surface area contributed by atoms with E-state index in [-0.39, 0.29) is 18.1 Å². The molecule has 0 atom stereocenters. The lowest BCUT2D eigenvalue weighted by molar-refractivity contribution is -0.384. The Morgan fingerprint density at radius 2 is 1.95 bits per heavy atom. The molecule has 0 saturated heterocycles. The Bertz CT molecular complexity index is 719. The molecular weight excluding hydrogens is 350 g/mol. The molecule has 0 bridgehead atoms. The van der Waals surface area contributed by atoms with E-state index in [4.69, 9.17) is 0 Å². The molecule has 0 unspecified atom stereocenters. The summed E-state index contributed by atoms with van der Waals surface area (Å²) in [4.78, 5) is 22.3. The molecule has 0 heterocycles. The van der Waals surface area contributed by atoms with E-state index in [1.54, 1.807) is 13.0 Å². The highest BCUT2D eigenvalue weighted by Gasteiger charge is 2.11. The zero-order valence-corrected chi connectivity index (χ0v) is 13.4. The fourth-order valence-corrected chi connectivity index (χ4v) is 2.26. The quantitative estimate of drug-likeness (QED) is 0.626. The number of nitro benzene ring substituents is 1. The van der Waals surface area contributed by atoms with Crippen LogP contribution in [0.1, 0.15) is 5.56 Å². The molecule has 1 amide bonds. The molecule has 0 radical (unpaired) electrons. The number of carbonyl (C=O) groups excluding carboxylic acids is 1. The molecule has 0 saturated carbocycles. The first kappa shape index (κ1) is 16.0. The summed E-state index contributed by atoms with van der Waals surface area (Å²) < 4.78 is 0.856. The molecule has 0 spiro atoms. The molecule has 7 heteroatoms. The molecule has 114 valence electrons. The monoisotopic (exact) mass is 363 g/mol. The molecule has 22 heavy (non-hydrogen) atoms. The van der Waals surface area contributed by atoms with Gasteiger partial charge in [0.05, 0.1) is 17.2 Å². The highest BCUT2D eigenvalue weighted by Crippen LogP contribution is 2.23. The summed E-state index contributed by atoms with van der Waals surface area (Å²) in [7, 11) is 0. The summed E-state index contributed by atoms with van der Waals surface area (Å²) in [6.07, 6.45) is 0. The third kappa shape index (κ3) is 4.05. The normalized spacial score (nSPS) is 10.1. The number of hydrogen-bond acceptors (Lipinski definition) is 4. The summed E-state index contributed by atoms with van der Waals surface area (Å²) in [5.41, 5.74) is 1.95. The molecule has 0 fully saturated rings. The van der Waals surface area contributed by atoms with Gasteiger partial charge in [0.2, 0.25) is 5.91 Å². The molecule has 0 aromatic heterocycles. The van der Waals surface area contributed by atoms with Crippen LogP contribution in [0.25, 0.3) is 0 Å². The van der Waals surface area contributed by atoms with Crippen molar-refractivity contribution in [1.29, 1.82) is 0 Å². The average Bonchev–Trinajstić information content (AvgIpc) is 2.48. The van der Waals surface area contributed by atoms with Gasteiger partial charge in [-0.25, -0.2) is 0 Å². The summed E-state index contributed by atoms with van der Waals surface area (Å²) in [5.74, 6) is -0.278. The van der Waals surface area contributed by atoms with Gasteiger partial charge in [0.1, 0.15) is 0 Å². The van der Waals surface area contributed by atoms with E-state index in [0.29, 0.717) is 5.69 Å². The molecule has 0 aliphatic rings. The van der Waals surface area contributed by atoms with Crippen LogP contribution in [0.5, 0.6) is 0 Å². The first-order chi connectivity index (χ1) is 10.5. The third-order valence-corrected chi connectivity index (χ3v) is 3.71. The lowest BCUT2D eigenvalue weighted by Crippen LogP contribution is -2.22. The summed E-state index contributed by atoms with van der Waals surface area (Å²) in [6, 6.07) is 11.8. The zero-order valence-electron chi connectivity index (χ0n) is 11.8. The van der Waals surface area contributed by atoms with E-state index in [1.165, 1.54) is 12.1 Å². The number of halogens is 1. The molecule has 2 N–H and O–H groups in total. The van der Waals surface area contributed by atoms with E-state index in [0.717, 1.165) is 15.7 Å². The van der Waals surface area contributed by atoms with Crippen molar-refractivity contribution in [3.05, 3.63) is 62.6 Å². The first-order valence-corrected chi connectivity index (χ1v) is 7.30. The lowest BCUT2D eigenvalue weighted by Gasteiger charge is -2.10. The van der Waals surface area contributed by atoms with E-state index in [2.05, 4.69) is 26.6 Å². The highest BCUT2D eigenvalue weighted by molar-refractivity contribution is 9.10. The van der Waals surface area contributed by atoms with E-state index >= 15 is 0 Å². The second-order valence-corrected chi connectivity index (χ2v) is 5.49. The Labute approximate surface area is 135 Å². The fraction of sp³-hybridized carbons (Fsp3) is 0.133. The van der Waals surface area contributed by atoms with Gasteiger partial charge in [-0.15, -0.1) is 0 Å². The molecule has 2 aromatic carbocycles. The van der Waals surface area contributed by atoms with Crippen molar-refractivity contribution in [2.24, 2.45) is 0 Å². The smallest absolute Gasteiger partial charge is 0.271 e. The van der Waals surface area contributed by atoms with E-state index in [1.807, 2.05) is 24.3 Å². The Kier molecular flexibility index (Phi) is 5.11. The van der Waals surface area contributed by atoms with Crippen LogP contribution in [-0.2, 0) is 4.79 Å². The number of hydrogen-bond donors (Lipinski definition) is 2. The molecule has 0 aliphatic carbocycles. The van der Waals surface area contributed by atoms with Crippen LogP contribution in [0.3, 0.4) is 0 Å². The van der Waals surface area contributed by atoms with Crippen LogP contribution in [0.15, 0.2) is 46.9 Å². The van der Waals surface area contributed by atoms with Crippen molar-refractivity contribution in [2.45, 2.75) is 6.92 Å². The van der Waals surface area contributed by atoms with Crippen LogP contribution >= 0.6 is 15.9 Å². The number of aryl methyl sites for hydroxylation is 1. The second kappa shape index (κ2) is 7.04. The van der Waals surface area contributed by atoms with Crippen LogP contribution < -0.4 is 10.6 Å². The van der Waals surface area contributed by atoms with Gasteiger partial charge in [0.15, 0.2) is 0 Å². The molecule has 2 aromatic rings. The van der Waals surface area contributed by atoms with Crippen molar-refractivity contribution >= 4 is 38.9 Å². The van der Waals surface area contributed by atoms with E-state index in [9.17, 15) is 14.9 Å². The van der Waals surface area contributed by atoms with Gasteiger partial charge >= 0.3 is 0 Å². The topological polar surface area (TPSA) is 84.3 Å². The molecule has 2 rings (SSSR count). The number of nitrogens with zero attached hydrogens (tertiary/aromatic N) is 1. The number of carbonyl (C=O) groups is 1. The number of non-ortho nitro benzene ring substituents is 1. The van der Waals surface area contributed by atoms with Gasteiger partial charge in [0.25, 0.3) is 5.69 Å². The lowest BCUT2D eigenvalue weighted by atomic mass is 10.2. The van der Waals surface area contributed by atoms with Crippen molar-refractivity contribution in [3.8, 4) is 0 Å². The predicted octanol–water partition coefficient (Wildman–Crippen LogP) is 3.72. The number of para-hydroxylation sites is 1. The van der Waals surface area contributed by atoms with E-state index < -0.39 is 4.92 Å². The van der Waals surface area contributed by atoms with Gasteiger partial charge in [0, 0.05) is 22.3 Å². The Hall–Kier alpha value is -2.41.